The van der Waals surface area contributed by atoms with Crippen molar-refractivity contribution in [3.63, 3.8) is 0 Å². The highest BCUT2D eigenvalue weighted by atomic mass is 32.2. The zero-order valence-electron chi connectivity index (χ0n) is 11.5. The second-order valence-corrected chi connectivity index (χ2v) is 7.36. The highest BCUT2D eigenvalue weighted by Crippen LogP contribution is 2.48. The zero-order valence-corrected chi connectivity index (χ0v) is 13.2. The van der Waals surface area contributed by atoms with E-state index >= 15 is 0 Å². The van der Waals surface area contributed by atoms with Crippen LogP contribution in [-0.2, 0) is 23.1 Å². The number of thioether (sulfide) groups is 1. The summed E-state index contributed by atoms with van der Waals surface area (Å²) in [4.78, 5) is 11.0. The number of ether oxygens (including phenoxy) is 1. The van der Waals surface area contributed by atoms with Crippen LogP contribution >= 0.6 is 19.4 Å². The van der Waals surface area contributed by atoms with Gasteiger partial charge >= 0.3 is 13.6 Å². The van der Waals surface area contributed by atoms with Crippen LogP contribution in [0.2, 0.25) is 0 Å². The van der Waals surface area contributed by atoms with Gasteiger partial charge in [-0.3, -0.25) is 9.36 Å². The molecule has 0 aliphatic heterocycles. The molecule has 0 aromatic heterocycles. The number of carbonyl (C=O) groups is 1. The van der Waals surface area contributed by atoms with E-state index in [1.807, 2.05) is 6.92 Å². The summed E-state index contributed by atoms with van der Waals surface area (Å²) in [5, 5.41) is 0.133. The van der Waals surface area contributed by atoms with Crippen molar-refractivity contribution in [1.82, 2.24) is 0 Å². The van der Waals surface area contributed by atoms with Gasteiger partial charge in [0.2, 0.25) is 0 Å². The first-order chi connectivity index (χ1) is 8.47. The van der Waals surface area contributed by atoms with Crippen LogP contribution in [0.1, 0.15) is 27.2 Å². The molecule has 18 heavy (non-hydrogen) atoms. The van der Waals surface area contributed by atoms with Crippen LogP contribution in [0.25, 0.3) is 0 Å². The van der Waals surface area contributed by atoms with Gasteiger partial charge in [0.25, 0.3) is 0 Å². The Morgan fingerprint density at radius 1 is 1.28 bits per heavy atom. The van der Waals surface area contributed by atoms with Crippen molar-refractivity contribution in [2.45, 2.75) is 32.4 Å². The Morgan fingerprint density at radius 3 is 2.28 bits per heavy atom. The van der Waals surface area contributed by atoms with E-state index in [2.05, 4.69) is 4.74 Å². The third-order valence-electron chi connectivity index (χ3n) is 2.10. The lowest BCUT2D eigenvalue weighted by Crippen LogP contribution is -2.10. The lowest BCUT2D eigenvalue weighted by atomic mass is 10.3. The molecule has 0 aliphatic rings. The van der Waals surface area contributed by atoms with Crippen LogP contribution in [0.3, 0.4) is 0 Å². The molecule has 0 aromatic carbocycles. The number of methoxy groups -OCH3 is 1. The average Bonchev–Trinajstić information content (AvgIpc) is 2.29. The normalized spacial score (nSPS) is 13.3. The SMILES string of the molecule is CCOP(=O)(CCSC(C)CC(=O)OC)OCC. The molecule has 0 rings (SSSR count). The lowest BCUT2D eigenvalue weighted by Gasteiger charge is -2.17. The first-order valence-corrected chi connectivity index (χ1v) is 8.81. The van der Waals surface area contributed by atoms with Crippen LogP contribution in [0.5, 0.6) is 0 Å². The number of hydrogen-bond donors (Lipinski definition) is 0. The second kappa shape index (κ2) is 9.84. The van der Waals surface area contributed by atoms with Gasteiger partial charge in [-0.1, -0.05) is 6.92 Å². The fourth-order valence-corrected chi connectivity index (χ4v) is 4.39. The standard InChI is InChI=1S/C11H23O5PS/c1-5-15-17(13,16-6-2)7-8-18-10(3)9-11(12)14-4/h10H,5-9H2,1-4H3. The van der Waals surface area contributed by atoms with Crippen molar-refractivity contribution in [2.75, 3.05) is 32.2 Å². The maximum atomic E-state index is 12.1. The van der Waals surface area contributed by atoms with Crippen molar-refractivity contribution < 1.29 is 23.1 Å². The smallest absolute Gasteiger partial charge is 0.331 e. The second-order valence-electron chi connectivity index (χ2n) is 3.63. The molecule has 0 saturated carbocycles. The Bertz CT molecular complexity index is 275. The molecule has 0 N–H and O–H groups in total. The van der Waals surface area contributed by atoms with Crippen molar-refractivity contribution in [3.05, 3.63) is 0 Å². The molecule has 0 radical (unpaired) electrons. The minimum absolute atomic E-state index is 0.133. The molecule has 0 amide bonds. The fraction of sp³-hybridized carbons (Fsp3) is 0.909. The maximum absolute atomic E-state index is 12.1. The highest BCUT2D eigenvalue weighted by Gasteiger charge is 2.23. The van der Waals surface area contributed by atoms with Gasteiger partial charge in [-0.05, 0) is 13.8 Å². The van der Waals surface area contributed by atoms with Gasteiger partial charge in [0.15, 0.2) is 0 Å². The minimum atomic E-state index is -2.95. The molecule has 0 bridgehead atoms. The van der Waals surface area contributed by atoms with E-state index < -0.39 is 7.60 Å². The van der Waals surface area contributed by atoms with Gasteiger partial charge in [0, 0.05) is 11.0 Å². The van der Waals surface area contributed by atoms with Gasteiger partial charge in [-0.2, -0.15) is 11.8 Å². The number of esters is 1. The van der Waals surface area contributed by atoms with Crippen molar-refractivity contribution >= 4 is 25.3 Å². The summed E-state index contributed by atoms with van der Waals surface area (Å²) >= 11 is 1.57. The Balaban J connectivity index is 3.99. The third-order valence-corrected chi connectivity index (χ3v) is 5.65. The van der Waals surface area contributed by atoms with Crippen LogP contribution < -0.4 is 0 Å². The van der Waals surface area contributed by atoms with Crippen LogP contribution in [-0.4, -0.2) is 43.5 Å². The summed E-state index contributed by atoms with van der Waals surface area (Å²) in [7, 11) is -1.58. The van der Waals surface area contributed by atoms with Gasteiger partial charge in [0.1, 0.15) is 0 Å². The Labute approximate surface area is 113 Å². The molecule has 0 fully saturated rings. The molecule has 108 valence electrons. The van der Waals surface area contributed by atoms with E-state index in [1.165, 1.54) is 7.11 Å². The summed E-state index contributed by atoms with van der Waals surface area (Å²) in [6, 6.07) is 0. The number of carbonyl (C=O) groups excluding carboxylic acids is 1. The van der Waals surface area contributed by atoms with Crippen LogP contribution in [0.15, 0.2) is 0 Å². The summed E-state index contributed by atoms with van der Waals surface area (Å²) in [5.74, 6) is 0.405. The first kappa shape index (κ1) is 18.0. The average molecular weight is 298 g/mol. The molecule has 0 saturated heterocycles. The predicted octanol–water partition coefficient (Wildman–Crippen LogP) is 2.94. The molecule has 0 aromatic rings. The molecule has 0 aliphatic carbocycles. The Hall–Kier alpha value is -0.0300. The van der Waals surface area contributed by atoms with E-state index in [4.69, 9.17) is 9.05 Å². The van der Waals surface area contributed by atoms with Crippen LogP contribution in [0.4, 0.5) is 0 Å². The number of rotatable bonds is 10. The van der Waals surface area contributed by atoms with E-state index in [1.54, 1.807) is 25.6 Å². The maximum Gasteiger partial charge on any atom is 0.331 e. The van der Waals surface area contributed by atoms with Gasteiger partial charge in [-0.25, -0.2) is 0 Å². The minimum Gasteiger partial charge on any atom is -0.469 e. The summed E-state index contributed by atoms with van der Waals surface area (Å²) in [5.41, 5.74) is 0. The summed E-state index contributed by atoms with van der Waals surface area (Å²) in [6.07, 6.45) is 0.722. The van der Waals surface area contributed by atoms with Gasteiger partial charge in [0.05, 0.1) is 32.9 Å². The Kier molecular flexibility index (Phi) is 9.83. The molecule has 1 atom stereocenters. The summed E-state index contributed by atoms with van der Waals surface area (Å²) < 4.78 is 27.1. The quantitative estimate of drug-likeness (QED) is 0.456. The largest absolute Gasteiger partial charge is 0.469 e. The first-order valence-electron chi connectivity index (χ1n) is 6.04. The molecule has 7 heteroatoms. The fourth-order valence-electron chi connectivity index (χ4n) is 1.30. The van der Waals surface area contributed by atoms with Crippen molar-refractivity contribution in [1.29, 1.82) is 0 Å². The summed E-state index contributed by atoms with van der Waals surface area (Å²) in [6.45, 7) is 6.27. The molecule has 0 heterocycles. The van der Waals surface area contributed by atoms with E-state index in [-0.39, 0.29) is 11.2 Å². The topological polar surface area (TPSA) is 61.8 Å². The zero-order chi connectivity index (χ0) is 14.0. The molecule has 0 spiro atoms. The van der Waals surface area contributed by atoms with Gasteiger partial charge in [-0.15, -0.1) is 0 Å². The lowest BCUT2D eigenvalue weighted by molar-refractivity contribution is -0.140. The van der Waals surface area contributed by atoms with E-state index in [0.29, 0.717) is 31.5 Å². The molecular weight excluding hydrogens is 275 g/mol. The highest BCUT2D eigenvalue weighted by molar-refractivity contribution is 8.00. The monoisotopic (exact) mass is 298 g/mol. The van der Waals surface area contributed by atoms with Crippen LogP contribution in [0, 0.1) is 0 Å². The molecular formula is C11H23O5PS. The van der Waals surface area contributed by atoms with E-state index in [9.17, 15) is 9.36 Å². The van der Waals surface area contributed by atoms with Crippen molar-refractivity contribution in [2.24, 2.45) is 0 Å². The van der Waals surface area contributed by atoms with E-state index in [0.717, 1.165) is 0 Å². The number of hydrogen-bond acceptors (Lipinski definition) is 6. The van der Waals surface area contributed by atoms with Crippen molar-refractivity contribution in [3.8, 4) is 0 Å². The predicted molar refractivity (Wildman–Crippen MR) is 74.3 cm³/mol. The Morgan fingerprint density at radius 2 is 1.83 bits per heavy atom. The molecule has 5 nitrogen and oxygen atoms in total. The third kappa shape index (κ3) is 8.14. The molecule has 1 unspecified atom stereocenters. The van der Waals surface area contributed by atoms with Gasteiger partial charge < -0.3 is 13.8 Å².